The van der Waals surface area contributed by atoms with Crippen LogP contribution in [-0.4, -0.2) is 13.7 Å². The summed E-state index contributed by atoms with van der Waals surface area (Å²) in [7, 11) is 1.84. The van der Waals surface area contributed by atoms with Gasteiger partial charge in [-0.2, -0.15) is 0 Å². The maximum Gasteiger partial charge on any atom is 0.165 e. The van der Waals surface area contributed by atoms with Crippen molar-refractivity contribution in [3.63, 3.8) is 0 Å². The average Bonchev–Trinajstić information content (AvgIpc) is 2.49. The van der Waals surface area contributed by atoms with Gasteiger partial charge in [-0.3, -0.25) is 0 Å². The Balaban J connectivity index is 2.46. The number of halogens is 1. The highest BCUT2D eigenvalue weighted by Crippen LogP contribution is 2.33. The molecule has 2 rings (SSSR count). The molecular weight excluding hydrogens is 157 g/mol. The minimum Gasteiger partial charge on any atom is -0.488 e. The van der Waals surface area contributed by atoms with Gasteiger partial charge in [-0.05, 0) is 13.1 Å². The van der Waals surface area contributed by atoms with Crippen LogP contribution in [-0.2, 0) is 0 Å². The lowest BCUT2D eigenvalue weighted by atomic mass is 10.1. The SMILES string of the molecule is CNC1COc2c(F)cccc21. The molecule has 0 bridgehead atoms. The molecule has 12 heavy (non-hydrogen) atoms. The minimum absolute atomic E-state index is 0.135. The first-order valence-electron chi connectivity index (χ1n) is 3.91. The van der Waals surface area contributed by atoms with Crippen molar-refractivity contribution >= 4 is 0 Å². The highest BCUT2D eigenvalue weighted by Gasteiger charge is 2.24. The Morgan fingerprint density at radius 1 is 1.58 bits per heavy atom. The van der Waals surface area contributed by atoms with Crippen LogP contribution in [0.1, 0.15) is 11.6 Å². The quantitative estimate of drug-likeness (QED) is 0.684. The second-order valence-electron chi connectivity index (χ2n) is 2.81. The molecule has 0 amide bonds. The number of hydrogen-bond acceptors (Lipinski definition) is 2. The maximum absolute atomic E-state index is 13.0. The van der Waals surface area contributed by atoms with Crippen molar-refractivity contribution in [3.8, 4) is 5.75 Å². The standard InChI is InChI=1S/C9H10FNO/c1-11-8-5-12-9-6(8)3-2-4-7(9)10/h2-4,8,11H,5H2,1H3. The van der Waals surface area contributed by atoms with Gasteiger partial charge >= 0.3 is 0 Å². The number of fused-ring (bicyclic) bond motifs is 1. The molecule has 0 radical (unpaired) electrons. The lowest BCUT2D eigenvalue weighted by Gasteiger charge is -2.04. The van der Waals surface area contributed by atoms with Gasteiger partial charge in [-0.1, -0.05) is 12.1 Å². The summed E-state index contributed by atoms with van der Waals surface area (Å²) in [5.74, 6) is 0.127. The monoisotopic (exact) mass is 167 g/mol. The van der Waals surface area contributed by atoms with E-state index in [9.17, 15) is 4.39 Å². The molecule has 0 aliphatic carbocycles. The predicted molar refractivity (Wildman–Crippen MR) is 43.7 cm³/mol. The van der Waals surface area contributed by atoms with Crippen LogP contribution in [0.25, 0.3) is 0 Å². The van der Waals surface area contributed by atoms with E-state index < -0.39 is 0 Å². The first-order valence-corrected chi connectivity index (χ1v) is 3.91. The molecule has 1 aromatic rings. The molecule has 1 unspecified atom stereocenters. The van der Waals surface area contributed by atoms with Crippen LogP contribution >= 0.6 is 0 Å². The van der Waals surface area contributed by atoms with Gasteiger partial charge in [0.25, 0.3) is 0 Å². The van der Waals surface area contributed by atoms with Crippen molar-refractivity contribution in [1.29, 1.82) is 0 Å². The molecule has 1 N–H and O–H groups in total. The zero-order valence-corrected chi connectivity index (χ0v) is 6.80. The smallest absolute Gasteiger partial charge is 0.165 e. The number of ether oxygens (including phenoxy) is 1. The number of hydrogen-bond donors (Lipinski definition) is 1. The molecule has 1 aliphatic heterocycles. The fourth-order valence-electron chi connectivity index (χ4n) is 1.45. The lowest BCUT2D eigenvalue weighted by molar-refractivity contribution is 0.306. The van der Waals surface area contributed by atoms with Gasteiger partial charge in [0.2, 0.25) is 0 Å². The van der Waals surface area contributed by atoms with Crippen LogP contribution in [0.15, 0.2) is 18.2 Å². The van der Waals surface area contributed by atoms with Gasteiger partial charge < -0.3 is 10.1 Å². The molecule has 0 aromatic heterocycles. The zero-order valence-electron chi connectivity index (χ0n) is 6.80. The summed E-state index contributed by atoms with van der Waals surface area (Å²) in [6.45, 7) is 0.521. The second kappa shape index (κ2) is 2.75. The van der Waals surface area contributed by atoms with Gasteiger partial charge in [0.15, 0.2) is 11.6 Å². The summed E-state index contributed by atoms with van der Waals surface area (Å²) in [5, 5.41) is 3.06. The Hall–Kier alpha value is -1.09. The fraction of sp³-hybridized carbons (Fsp3) is 0.333. The molecule has 1 aliphatic rings. The number of rotatable bonds is 1. The highest BCUT2D eigenvalue weighted by atomic mass is 19.1. The van der Waals surface area contributed by atoms with E-state index in [0.717, 1.165) is 5.56 Å². The van der Waals surface area contributed by atoms with E-state index in [1.165, 1.54) is 6.07 Å². The molecule has 0 saturated heterocycles. The van der Waals surface area contributed by atoms with Gasteiger partial charge in [-0.15, -0.1) is 0 Å². The zero-order chi connectivity index (χ0) is 8.55. The molecule has 64 valence electrons. The lowest BCUT2D eigenvalue weighted by Crippen LogP contribution is -2.16. The summed E-state index contributed by atoms with van der Waals surface area (Å²) in [6.07, 6.45) is 0. The molecular formula is C9H10FNO. The van der Waals surface area contributed by atoms with Gasteiger partial charge in [0.05, 0.1) is 6.04 Å². The van der Waals surface area contributed by atoms with E-state index >= 15 is 0 Å². The first-order chi connectivity index (χ1) is 5.83. The van der Waals surface area contributed by atoms with Crippen LogP contribution in [0, 0.1) is 5.82 Å². The van der Waals surface area contributed by atoms with Crippen molar-refractivity contribution in [2.75, 3.05) is 13.7 Å². The average molecular weight is 167 g/mol. The Labute approximate surface area is 70.3 Å². The summed E-state index contributed by atoms with van der Waals surface area (Å²) in [5.41, 5.74) is 0.914. The molecule has 3 heteroatoms. The number of para-hydroxylation sites is 1. The van der Waals surface area contributed by atoms with E-state index in [-0.39, 0.29) is 11.9 Å². The Kier molecular flexibility index (Phi) is 1.73. The number of benzene rings is 1. The first kappa shape index (κ1) is 7.55. The normalized spacial score (nSPS) is 20.3. The molecule has 0 fully saturated rings. The van der Waals surface area contributed by atoms with Crippen molar-refractivity contribution in [2.45, 2.75) is 6.04 Å². The molecule has 0 saturated carbocycles. The topological polar surface area (TPSA) is 21.3 Å². The van der Waals surface area contributed by atoms with Crippen LogP contribution in [0.3, 0.4) is 0 Å². The van der Waals surface area contributed by atoms with Crippen LogP contribution in [0.2, 0.25) is 0 Å². The molecule has 0 spiro atoms. The largest absolute Gasteiger partial charge is 0.488 e. The van der Waals surface area contributed by atoms with Crippen LogP contribution in [0.4, 0.5) is 4.39 Å². The van der Waals surface area contributed by atoms with Crippen molar-refractivity contribution in [1.82, 2.24) is 5.32 Å². The third-order valence-corrected chi connectivity index (χ3v) is 2.12. The Bertz CT molecular complexity index is 301. The van der Waals surface area contributed by atoms with E-state index in [1.807, 2.05) is 13.1 Å². The molecule has 1 heterocycles. The predicted octanol–water partition coefficient (Wildman–Crippen LogP) is 1.48. The van der Waals surface area contributed by atoms with Crippen LogP contribution < -0.4 is 10.1 Å². The summed E-state index contributed by atoms with van der Waals surface area (Å²) in [4.78, 5) is 0. The Morgan fingerprint density at radius 3 is 3.17 bits per heavy atom. The number of nitrogens with one attached hydrogen (secondary N) is 1. The van der Waals surface area contributed by atoms with E-state index in [0.29, 0.717) is 12.4 Å². The molecule has 1 aromatic carbocycles. The van der Waals surface area contributed by atoms with Gasteiger partial charge in [0, 0.05) is 5.56 Å². The summed E-state index contributed by atoms with van der Waals surface area (Å²) < 4.78 is 18.2. The minimum atomic E-state index is -0.273. The van der Waals surface area contributed by atoms with Gasteiger partial charge in [0.1, 0.15) is 6.61 Å². The summed E-state index contributed by atoms with van der Waals surface area (Å²) >= 11 is 0. The molecule has 2 nitrogen and oxygen atoms in total. The van der Waals surface area contributed by atoms with Crippen LogP contribution in [0.5, 0.6) is 5.75 Å². The fourth-order valence-corrected chi connectivity index (χ4v) is 1.45. The van der Waals surface area contributed by atoms with Gasteiger partial charge in [-0.25, -0.2) is 4.39 Å². The van der Waals surface area contributed by atoms with E-state index in [1.54, 1.807) is 6.07 Å². The maximum atomic E-state index is 13.0. The summed E-state index contributed by atoms with van der Waals surface area (Å²) in [6, 6.07) is 5.13. The van der Waals surface area contributed by atoms with Crippen molar-refractivity contribution in [3.05, 3.63) is 29.6 Å². The third-order valence-electron chi connectivity index (χ3n) is 2.12. The second-order valence-corrected chi connectivity index (χ2v) is 2.81. The number of likely N-dealkylation sites (N-methyl/N-ethyl adjacent to an activating group) is 1. The van der Waals surface area contributed by atoms with Crippen molar-refractivity contribution < 1.29 is 9.13 Å². The van der Waals surface area contributed by atoms with Crippen molar-refractivity contribution in [2.24, 2.45) is 0 Å². The van der Waals surface area contributed by atoms with E-state index in [4.69, 9.17) is 4.74 Å². The third kappa shape index (κ3) is 0.975. The highest BCUT2D eigenvalue weighted by molar-refractivity contribution is 5.40. The van der Waals surface area contributed by atoms with E-state index in [2.05, 4.69) is 5.32 Å². The Morgan fingerprint density at radius 2 is 2.42 bits per heavy atom. The molecule has 1 atom stereocenters.